The number of aryl methyl sites for hydroxylation is 1. The fourth-order valence-electron chi connectivity index (χ4n) is 5.00. The van der Waals surface area contributed by atoms with E-state index in [1.165, 1.54) is 18.6 Å². The molecule has 1 aliphatic rings. The van der Waals surface area contributed by atoms with Crippen molar-refractivity contribution in [3.63, 3.8) is 0 Å². The molecule has 1 saturated heterocycles. The first-order valence-electron chi connectivity index (χ1n) is 13.6. The monoisotopic (exact) mass is 606 g/mol. The first kappa shape index (κ1) is 35.0. The van der Waals surface area contributed by atoms with E-state index in [9.17, 15) is 23.6 Å². The molecule has 1 amide bonds. The number of ether oxygens (including phenoxy) is 2. The molecule has 0 saturated carbocycles. The first-order valence-corrected chi connectivity index (χ1v) is 13.6. The molecule has 2 aromatic carbocycles. The van der Waals surface area contributed by atoms with E-state index in [2.05, 4.69) is 17.1 Å². The van der Waals surface area contributed by atoms with Crippen LogP contribution in [0.5, 0.6) is 11.5 Å². The maximum Gasteiger partial charge on any atom is 0.336 e. The average Bonchev–Trinajstić information content (AvgIpc) is 2.91. The molecule has 1 aliphatic heterocycles. The van der Waals surface area contributed by atoms with Crippen LogP contribution in [-0.2, 0) is 31.3 Å². The number of carboxylic acids is 3. The number of hydrogen-bond acceptors (Lipinski definition) is 8. The topological polar surface area (TPSA) is 183 Å². The van der Waals surface area contributed by atoms with Gasteiger partial charge in [0.05, 0.1) is 32.1 Å². The van der Waals surface area contributed by atoms with E-state index in [-0.39, 0.29) is 11.7 Å². The third kappa shape index (κ3) is 9.65. The minimum Gasteiger partial charge on any atom is -0.493 e. The number of nitrogens with one attached hydrogen (secondary N) is 1. The van der Waals surface area contributed by atoms with E-state index in [1.807, 2.05) is 25.1 Å². The van der Waals surface area contributed by atoms with Crippen LogP contribution in [-0.4, -0.2) is 81.5 Å². The molecule has 0 atom stereocenters. The summed E-state index contributed by atoms with van der Waals surface area (Å²) in [6, 6.07) is 10.8. The summed E-state index contributed by atoms with van der Waals surface area (Å²) in [5.74, 6) is -3.95. The van der Waals surface area contributed by atoms with Gasteiger partial charge in [-0.25, -0.2) is 9.18 Å². The van der Waals surface area contributed by atoms with Gasteiger partial charge in [-0.15, -0.1) is 0 Å². The lowest BCUT2D eigenvalue weighted by Crippen LogP contribution is -2.52. The van der Waals surface area contributed by atoms with Crippen LogP contribution in [0.1, 0.15) is 56.2 Å². The number of nitrogens with zero attached hydrogens (tertiary/aromatic N) is 1. The number of benzene rings is 2. The lowest BCUT2D eigenvalue weighted by molar-refractivity contribution is -0.170. The average molecular weight is 607 g/mol. The number of aliphatic hydroxyl groups is 1. The van der Waals surface area contributed by atoms with E-state index in [0.717, 1.165) is 36.7 Å². The SMILES string of the molecule is CCOc1cc(CN2CCC(NC(C)=O)(c3ccccc3F)CC2)c(C)cc1OC.O=C(O)CC(O)(CC(=O)O)C(=O)O. The fourth-order valence-corrected chi connectivity index (χ4v) is 5.00. The molecule has 0 unspecified atom stereocenters. The number of amides is 1. The Hall–Kier alpha value is -4.23. The number of methoxy groups -OCH3 is 1. The molecule has 0 bridgehead atoms. The van der Waals surface area contributed by atoms with Crippen LogP contribution in [0.15, 0.2) is 36.4 Å². The minimum absolute atomic E-state index is 0.140. The van der Waals surface area contributed by atoms with Crippen LogP contribution in [0.2, 0.25) is 0 Å². The Balaban J connectivity index is 0.000000420. The highest BCUT2D eigenvalue weighted by molar-refractivity contribution is 5.88. The predicted molar refractivity (Wildman–Crippen MR) is 152 cm³/mol. The third-order valence-corrected chi connectivity index (χ3v) is 7.12. The molecular formula is C30H39FN2O10. The molecule has 236 valence electrons. The zero-order valence-electron chi connectivity index (χ0n) is 24.7. The molecule has 0 spiro atoms. The molecule has 1 fully saturated rings. The first-order chi connectivity index (χ1) is 20.2. The summed E-state index contributed by atoms with van der Waals surface area (Å²) in [6.07, 6.45) is -0.981. The Bertz CT molecular complexity index is 1290. The highest BCUT2D eigenvalue weighted by Gasteiger charge is 2.41. The Morgan fingerprint density at radius 1 is 1.02 bits per heavy atom. The van der Waals surface area contributed by atoms with Gasteiger partial charge in [-0.2, -0.15) is 0 Å². The summed E-state index contributed by atoms with van der Waals surface area (Å²) in [7, 11) is 1.64. The van der Waals surface area contributed by atoms with Crippen molar-refractivity contribution < 1.29 is 53.5 Å². The van der Waals surface area contributed by atoms with Crippen LogP contribution in [0, 0.1) is 12.7 Å². The van der Waals surface area contributed by atoms with Gasteiger partial charge in [0.15, 0.2) is 17.1 Å². The lowest BCUT2D eigenvalue weighted by Gasteiger charge is -2.43. The number of rotatable bonds is 12. The van der Waals surface area contributed by atoms with E-state index in [4.69, 9.17) is 29.9 Å². The molecule has 0 radical (unpaired) electrons. The summed E-state index contributed by atoms with van der Waals surface area (Å²) in [5, 5.41) is 36.9. The molecule has 0 aromatic heterocycles. The number of hydrogen-bond donors (Lipinski definition) is 5. The second-order valence-corrected chi connectivity index (χ2v) is 10.4. The van der Waals surface area contributed by atoms with E-state index in [0.29, 0.717) is 25.0 Å². The van der Waals surface area contributed by atoms with Crippen molar-refractivity contribution in [3.8, 4) is 11.5 Å². The standard InChI is InChI=1S/C24H31FN2O3.C6H8O7/c1-5-30-23-15-19(17(2)14-22(23)29-4)16-27-12-10-24(11-13-27,26-18(3)28)20-8-6-7-9-21(20)25;7-3(8)1-6(13,5(11)12)2-4(9)10/h6-9,14-15H,5,10-13,16H2,1-4H3,(H,26,28);13H,1-2H2,(H,7,8)(H,9,10)(H,11,12). The fraction of sp³-hybridized carbons (Fsp3) is 0.467. The number of halogens is 1. The van der Waals surface area contributed by atoms with Gasteiger partial charge in [-0.05, 0) is 56.0 Å². The molecule has 0 aliphatic carbocycles. The smallest absolute Gasteiger partial charge is 0.336 e. The van der Waals surface area contributed by atoms with Gasteiger partial charge in [0.25, 0.3) is 0 Å². The Morgan fingerprint density at radius 3 is 2.07 bits per heavy atom. The van der Waals surface area contributed by atoms with Gasteiger partial charge >= 0.3 is 17.9 Å². The van der Waals surface area contributed by atoms with Crippen molar-refractivity contribution >= 4 is 23.8 Å². The Morgan fingerprint density at radius 2 is 1.60 bits per heavy atom. The predicted octanol–water partition coefficient (Wildman–Crippen LogP) is 2.92. The van der Waals surface area contributed by atoms with Crippen molar-refractivity contribution in [2.75, 3.05) is 26.8 Å². The maximum atomic E-state index is 14.6. The van der Waals surface area contributed by atoms with E-state index < -0.39 is 41.9 Å². The number of carbonyl (C=O) groups is 4. The number of carboxylic acid groups (broad SMARTS) is 3. The molecule has 12 nitrogen and oxygen atoms in total. The summed E-state index contributed by atoms with van der Waals surface area (Å²) >= 11 is 0. The van der Waals surface area contributed by atoms with Crippen molar-refractivity contribution in [1.29, 1.82) is 0 Å². The third-order valence-electron chi connectivity index (χ3n) is 7.12. The van der Waals surface area contributed by atoms with Gasteiger partial charge in [0, 0.05) is 32.1 Å². The maximum absolute atomic E-state index is 14.6. The summed E-state index contributed by atoms with van der Waals surface area (Å²) < 4.78 is 25.7. The zero-order valence-corrected chi connectivity index (χ0v) is 24.7. The van der Waals surface area contributed by atoms with Gasteiger partial charge < -0.3 is 35.2 Å². The molecular weight excluding hydrogens is 567 g/mol. The van der Waals surface area contributed by atoms with Gasteiger partial charge in [0.2, 0.25) is 5.91 Å². The molecule has 1 heterocycles. The second kappa shape index (κ2) is 15.3. The molecule has 13 heteroatoms. The van der Waals surface area contributed by atoms with Crippen molar-refractivity contribution in [2.45, 2.75) is 64.1 Å². The highest BCUT2D eigenvalue weighted by atomic mass is 19.1. The molecule has 2 aromatic rings. The lowest BCUT2D eigenvalue weighted by atomic mass is 9.80. The zero-order chi connectivity index (χ0) is 32.4. The van der Waals surface area contributed by atoms with Gasteiger partial charge in [-0.3, -0.25) is 19.3 Å². The number of carbonyl (C=O) groups excluding carboxylic acids is 1. The molecule has 43 heavy (non-hydrogen) atoms. The second-order valence-electron chi connectivity index (χ2n) is 10.4. The van der Waals surface area contributed by atoms with Crippen molar-refractivity contribution in [1.82, 2.24) is 10.2 Å². The number of piperidine rings is 1. The Kier molecular flexibility index (Phi) is 12.4. The normalized spacial score (nSPS) is 14.6. The molecule has 5 N–H and O–H groups in total. The van der Waals surface area contributed by atoms with Gasteiger partial charge in [0.1, 0.15) is 5.82 Å². The van der Waals surface area contributed by atoms with Crippen LogP contribution >= 0.6 is 0 Å². The van der Waals surface area contributed by atoms with Crippen LogP contribution in [0.3, 0.4) is 0 Å². The summed E-state index contributed by atoms with van der Waals surface area (Å²) in [5.41, 5.74) is -0.518. The largest absolute Gasteiger partial charge is 0.493 e. The van der Waals surface area contributed by atoms with Crippen LogP contribution < -0.4 is 14.8 Å². The van der Waals surface area contributed by atoms with E-state index in [1.54, 1.807) is 19.2 Å². The highest BCUT2D eigenvalue weighted by Crippen LogP contribution is 2.36. The van der Waals surface area contributed by atoms with E-state index >= 15 is 0 Å². The quantitative estimate of drug-likeness (QED) is 0.239. The summed E-state index contributed by atoms with van der Waals surface area (Å²) in [6.45, 7) is 8.36. The van der Waals surface area contributed by atoms with Crippen LogP contribution in [0.4, 0.5) is 4.39 Å². The summed E-state index contributed by atoms with van der Waals surface area (Å²) in [4.78, 5) is 44.7. The van der Waals surface area contributed by atoms with Crippen LogP contribution in [0.25, 0.3) is 0 Å². The van der Waals surface area contributed by atoms with Gasteiger partial charge in [-0.1, -0.05) is 18.2 Å². The Labute approximate surface area is 249 Å². The van der Waals surface area contributed by atoms with Crippen molar-refractivity contribution in [3.05, 3.63) is 58.9 Å². The minimum atomic E-state index is -2.74. The molecule has 3 rings (SSSR count). The van der Waals surface area contributed by atoms with Crippen molar-refractivity contribution in [2.24, 2.45) is 0 Å². The number of likely N-dealkylation sites (tertiary alicyclic amines) is 1. The number of aliphatic carboxylic acids is 3.